The molecule has 1 heterocycles. The zero-order valence-corrected chi connectivity index (χ0v) is 9.58. The third kappa shape index (κ3) is 1.53. The van der Waals surface area contributed by atoms with Gasteiger partial charge in [-0.1, -0.05) is 19.3 Å². The van der Waals surface area contributed by atoms with Crippen LogP contribution >= 0.6 is 0 Å². The van der Waals surface area contributed by atoms with Gasteiger partial charge in [-0.05, 0) is 37.5 Å². The second-order valence-corrected chi connectivity index (χ2v) is 5.99. The molecule has 0 atom stereocenters. The fourth-order valence-corrected chi connectivity index (χ4v) is 3.95. The van der Waals surface area contributed by atoms with Gasteiger partial charge in [-0.15, -0.1) is 0 Å². The van der Waals surface area contributed by atoms with Gasteiger partial charge >= 0.3 is 0 Å². The van der Waals surface area contributed by atoms with Gasteiger partial charge in [-0.25, -0.2) is 0 Å². The van der Waals surface area contributed by atoms with Gasteiger partial charge in [0.1, 0.15) is 0 Å². The van der Waals surface area contributed by atoms with Crippen LogP contribution < -0.4 is 5.73 Å². The average molecular weight is 209 g/mol. The summed E-state index contributed by atoms with van der Waals surface area (Å²) in [7, 11) is 0. The van der Waals surface area contributed by atoms with E-state index in [9.17, 15) is 0 Å². The Labute approximate surface area is 92.6 Å². The third-order valence-electron chi connectivity index (χ3n) is 5.15. The number of hydrogen-bond acceptors (Lipinski definition) is 2. The van der Waals surface area contributed by atoms with Crippen molar-refractivity contribution in [2.45, 2.75) is 51.0 Å². The summed E-state index contributed by atoms with van der Waals surface area (Å²) in [5.74, 6) is 1.85. The Hall–Kier alpha value is -0.0800. The molecule has 3 rings (SSSR count). The van der Waals surface area contributed by atoms with Crippen LogP contribution in [0.2, 0.25) is 0 Å². The second kappa shape index (κ2) is 3.74. The highest BCUT2D eigenvalue weighted by atomic mass is 16.5. The smallest absolute Gasteiger partial charge is 0.0550 e. The molecule has 2 N–H and O–H groups in total. The molecule has 1 aliphatic heterocycles. The minimum absolute atomic E-state index is 0.496. The number of rotatable bonds is 2. The highest BCUT2D eigenvalue weighted by molar-refractivity contribution is 5.03. The van der Waals surface area contributed by atoms with E-state index >= 15 is 0 Å². The molecular formula is C13H23NO. The minimum atomic E-state index is 0.496. The van der Waals surface area contributed by atoms with Gasteiger partial charge in [0.2, 0.25) is 0 Å². The van der Waals surface area contributed by atoms with Crippen LogP contribution in [0.4, 0.5) is 0 Å². The van der Waals surface area contributed by atoms with E-state index in [1.807, 2.05) is 0 Å². The first-order valence-corrected chi connectivity index (χ1v) is 6.64. The van der Waals surface area contributed by atoms with Crippen LogP contribution in [0.15, 0.2) is 0 Å². The van der Waals surface area contributed by atoms with E-state index in [4.69, 9.17) is 10.5 Å². The lowest BCUT2D eigenvalue weighted by molar-refractivity contribution is -0.201. The summed E-state index contributed by atoms with van der Waals surface area (Å²) < 4.78 is 5.54. The Morgan fingerprint density at radius 2 is 1.60 bits per heavy atom. The maximum Gasteiger partial charge on any atom is 0.0550 e. The Morgan fingerprint density at radius 1 is 0.933 bits per heavy atom. The third-order valence-corrected chi connectivity index (χ3v) is 5.15. The molecule has 0 aromatic heterocycles. The Balaban J connectivity index is 1.68. The fourth-order valence-electron chi connectivity index (χ4n) is 3.95. The van der Waals surface area contributed by atoms with E-state index < -0.39 is 0 Å². The molecule has 0 amide bonds. The van der Waals surface area contributed by atoms with Crippen LogP contribution in [0.25, 0.3) is 0 Å². The van der Waals surface area contributed by atoms with Crippen molar-refractivity contribution in [1.82, 2.24) is 0 Å². The standard InChI is InChI=1S/C13H23NO/c14-12-6-11(7-12)13(8-15-9-13)10-4-2-1-3-5-10/h10-12H,1-9,14H2. The first-order chi connectivity index (χ1) is 7.31. The fraction of sp³-hybridized carbons (Fsp3) is 1.00. The predicted molar refractivity (Wildman–Crippen MR) is 60.5 cm³/mol. The van der Waals surface area contributed by atoms with Crippen molar-refractivity contribution < 1.29 is 4.74 Å². The van der Waals surface area contributed by atoms with Gasteiger partial charge in [0.05, 0.1) is 13.2 Å². The van der Waals surface area contributed by atoms with Crippen LogP contribution in [0.1, 0.15) is 44.9 Å². The molecule has 0 aromatic carbocycles. The molecule has 2 nitrogen and oxygen atoms in total. The lowest BCUT2D eigenvalue weighted by Crippen LogP contribution is -2.59. The maximum absolute atomic E-state index is 5.93. The molecule has 86 valence electrons. The van der Waals surface area contributed by atoms with Crippen molar-refractivity contribution >= 4 is 0 Å². The van der Waals surface area contributed by atoms with Crippen molar-refractivity contribution in [3.8, 4) is 0 Å². The normalized spacial score (nSPS) is 40.6. The second-order valence-electron chi connectivity index (χ2n) is 5.99. The topological polar surface area (TPSA) is 35.2 Å². The largest absolute Gasteiger partial charge is 0.380 e. The monoisotopic (exact) mass is 209 g/mol. The van der Waals surface area contributed by atoms with E-state index in [-0.39, 0.29) is 0 Å². The lowest BCUT2D eigenvalue weighted by atomic mass is 9.54. The average Bonchev–Trinajstić information content (AvgIpc) is 2.15. The number of hydrogen-bond donors (Lipinski definition) is 1. The molecule has 0 unspecified atom stereocenters. The molecule has 3 aliphatic rings. The van der Waals surface area contributed by atoms with Gasteiger partial charge < -0.3 is 10.5 Å². The SMILES string of the molecule is NC1CC(C2(C3CCCCC3)COC2)C1. The molecule has 2 aliphatic carbocycles. The van der Waals surface area contributed by atoms with Crippen molar-refractivity contribution in [2.75, 3.05) is 13.2 Å². The van der Waals surface area contributed by atoms with Gasteiger partial charge in [-0.3, -0.25) is 0 Å². The molecule has 1 saturated heterocycles. The quantitative estimate of drug-likeness (QED) is 0.757. The number of ether oxygens (including phenoxy) is 1. The molecule has 0 aromatic rings. The molecular weight excluding hydrogens is 186 g/mol. The van der Waals surface area contributed by atoms with Crippen molar-refractivity contribution in [1.29, 1.82) is 0 Å². The molecule has 2 heteroatoms. The van der Waals surface area contributed by atoms with Crippen LogP contribution in [-0.4, -0.2) is 19.3 Å². The zero-order valence-electron chi connectivity index (χ0n) is 9.58. The summed E-state index contributed by atoms with van der Waals surface area (Å²) >= 11 is 0. The maximum atomic E-state index is 5.93. The number of nitrogens with two attached hydrogens (primary N) is 1. The van der Waals surface area contributed by atoms with Crippen LogP contribution in [0.5, 0.6) is 0 Å². The molecule has 15 heavy (non-hydrogen) atoms. The van der Waals surface area contributed by atoms with Gasteiger partial charge in [0, 0.05) is 11.5 Å². The lowest BCUT2D eigenvalue weighted by Gasteiger charge is -2.57. The van der Waals surface area contributed by atoms with Gasteiger partial charge in [0.15, 0.2) is 0 Å². The highest BCUT2D eigenvalue weighted by Crippen LogP contribution is 2.54. The Bertz CT molecular complexity index is 225. The van der Waals surface area contributed by atoms with Crippen LogP contribution in [-0.2, 0) is 4.74 Å². The van der Waals surface area contributed by atoms with E-state index in [0.29, 0.717) is 11.5 Å². The Kier molecular flexibility index (Phi) is 2.52. The van der Waals surface area contributed by atoms with Crippen LogP contribution in [0.3, 0.4) is 0 Å². The summed E-state index contributed by atoms with van der Waals surface area (Å²) in [5, 5.41) is 0. The summed E-state index contributed by atoms with van der Waals surface area (Å²) in [6.07, 6.45) is 9.79. The molecule has 0 spiro atoms. The van der Waals surface area contributed by atoms with E-state index in [2.05, 4.69) is 0 Å². The van der Waals surface area contributed by atoms with Crippen molar-refractivity contribution in [3.05, 3.63) is 0 Å². The summed E-state index contributed by atoms with van der Waals surface area (Å²) in [6, 6.07) is 0.496. The molecule has 0 bridgehead atoms. The predicted octanol–water partition coefficient (Wildman–Crippen LogP) is 2.32. The van der Waals surface area contributed by atoms with Crippen molar-refractivity contribution in [2.24, 2.45) is 23.0 Å². The molecule has 2 saturated carbocycles. The first kappa shape index (κ1) is 10.1. The van der Waals surface area contributed by atoms with Gasteiger partial charge in [0.25, 0.3) is 0 Å². The van der Waals surface area contributed by atoms with E-state index in [1.54, 1.807) is 0 Å². The first-order valence-electron chi connectivity index (χ1n) is 6.64. The van der Waals surface area contributed by atoms with Crippen LogP contribution in [0, 0.1) is 17.3 Å². The zero-order chi connectivity index (χ0) is 10.3. The summed E-state index contributed by atoms with van der Waals surface area (Å²) in [6.45, 7) is 2.07. The molecule has 3 fully saturated rings. The van der Waals surface area contributed by atoms with E-state index in [0.717, 1.165) is 25.0 Å². The highest BCUT2D eigenvalue weighted by Gasteiger charge is 2.54. The summed E-state index contributed by atoms with van der Waals surface area (Å²) in [4.78, 5) is 0. The van der Waals surface area contributed by atoms with E-state index in [1.165, 1.54) is 44.9 Å². The van der Waals surface area contributed by atoms with Gasteiger partial charge in [-0.2, -0.15) is 0 Å². The van der Waals surface area contributed by atoms with Crippen molar-refractivity contribution in [3.63, 3.8) is 0 Å². The molecule has 0 radical (unpaired) electrons. The minimum Gasteiger partial charge on any atom is -0.380 e. The Morgan fingerprint density at radius 3 is 2.07 bits per heavy atom. The summed E-state index contributed by atoms with van der Waals surface area (Å²) in [5.41, 5.74) is 6.50.